The Balaban J connectivity index is 1.88. The minimum Gasteiger partial charge on any atom is -0.378 e. The molecule has 27 heavy (non-hydrogen) atoms. The van der Waals surface area contributed by atoms with Crippen molar-refractivity contribution >= 4 is 44.9 Å². The highest BCUT2D eigenvalue weighted by Crippen LogP contribution is 2.31. The Kier molecular flexibility index (Phi) is 5.43. The summed E-state index contributed by atoms with van der Waals surface area (Å²) >= 11 is 0.990. The monoisotopic (exact) mass is 402 g/mol. The molecule has 0 saturated carbocycles. The molecule has 0 aromatic heterocycles. The Morgan fingerprint density at radius 3 is 2.48 bits per heavy atom. The molecule has 3 rings (SSSR count). The molecular formula is C18H14N2O5S2. The van der Waals surface area contributed by atoms with Crippen molar-refractivity contribution in [2.45, 2.75) is 11.8 Å². The molecule has 2 aromatic carbocycles. The average molecular weight is 402 g/mol. The van der Waals surface area contributed by atoms with E-state index in [-0.39, 0.29) is 26.6 Å². The molecule has 1 aliphatic rings. The molecule has 2 amide bonds. The van der Waals surface area contributed by atoms with E-state index in [1.54, 1.807) is 36.4 Å². The van der Waals surface area contributed by atoms with E-state index in [0.29, 0.717) is 5.56 Å². The number of carbonyl (C=O) groups is 2. The van der Waals surface area contributed by atoms with E-state index in [2.05, 4.69) is 10.3 Å². The van der Waals surface area contributed by atoms with Crippen LogP contribution in [0.15, 0.2) is 69.4 Å². The van der Waals surface area contributed by atoms with Crippen molar-refractivity contribution in [2.24, 2.45) is 4.99 Å². The second-order valence-corrected chi connectivity index (χ2v) is 7.98. The molecule has 0 radical (unpaired) electrons. The van der Waals surface area contributed by atoms with Crippen LogP contribution in [0, 0.1) is 0 Å². The van der Waals surface area contributed by atoms with Gasteiger partial charge in [0.05, 0.1) is 4.91 Å². The summed E-state index contributed by atoms with van der Waals surface area (Å²) in [4.78, 5) is 27.1. The molecule has 0 aliphatic carbocycles. The molecule has 0 fully saturated rings. The molecule has 0 spiro atoms. The number of nitrogens with zero attached hydrogens (tertiary/aromatic N) is 1. The lowest BCUT2D eigenvalue weighted by Crippen LogP contribution is -2.23. The van der Waals surface area contributed by atoms with Crippen molar-refractivity contribution in [3.05, 3.63) is 65.1 Å². The number of thioether (sulfide) groups is 1. The minimum absolute atomic E-state index is 0.0232. The van der Waals surface area contributed by atoms with Crippen LogP contribution in [0.2, 0.25) is 0 Å². The molecule has 9 heteroatoms. The van der Waals surface area contributed by atoms with Crippen LogP contribution in [0.4, 0.5) is 0 Å². The highest BCUT2D eigenvalue weighted by Gasteiger charge is 2.24. The van der Waals surface area contributed by atoms with Crippen LogP contribution < -0.4 is 9.50 Å². The standard InChI is InChI=1S/C18H14N2O5S2/c1-12(21)19-18-20-17(22)16(26-18)11-13-7-5-6-10-15(13)25-27(23,24)14-8-3-2-4-9-14/h2-11H,1H3,(H,19,20,21,22)/b16-11+. The smallest absolute Gasteiger partial charge is 0.339 e. The van der Waals surface area contributed by atoms with Crippen LogP contribution in [-0.4, -0.2) is 25.4 Å². The topological polar surface area (TPSA) is 102 Å². The fourth-order valence-electron chi connectivity index (χ4n) is 2.18. The number of rotatable bonds is 4. The van der Waals surface area contributed by atoms with Crippen molar-refractivity contribution in [1.82, 2.24) is 5.32 Å². The zero-order valence-electron chi connectivity index (χ0n) is 14.1. The maximum atomic E-state index is 12.4. The van der Waals surface area contributed by atoms with Gasteiger partial charge in [-0.05, 0) is 36.0 Å². The first-order valence-electron chi connectivity index (χ1n) is 7.74. The van der Waals surface area contributed by atoms with Crippen LogP contribution >= 0.6 is 11.8 Å². The number of para-hydroxylation sites is 1. The Hall–Kier alpha value is -2.91. The summed E-state index contributed by atoms with van der Waals surface area (Å²) in [5.74, 6) is -0.785. The van der Waals surface area contributed by atoms with Crippen molar-refractivity contribution < 1.29 is 22.2 Å². The van der Waals surface area contributed by atoms with E-state index in [1.165, 1.54) is 31.2 Å². The SMILES string of the molecule is CC(=O)NC1=NC(=O)/C(=C\c2ccccc2OS(=O)(=O)c2ccccc2)S1. The average Bonchev–Trinajstić information content (AvgIpc) is 2.95. The molecule has 1 N–H and O–H groups in total. The van der Waals surface area contributed by atoms with Gasteiger partial charge in [-0.3, -0.25) is 9.59 Å². The molecule has 2 aromatic rings. The largest absolute Gasteiger partial charge is 0.378 e. The van der Waals surface area contributed by atoms with Crippen LogP contribution in [0.5, 0.6) is 5.75 Å². The van der Waals surface area contributed by atoms with Gasteiger partial charge in [0, 0.05) is 12.5 Å². The van der Waals surface area contributed by atoms with E-state index in [1.807, 2.05) is 0 Å². The van der Waals surface area contributed by atoms with Crippen LogP contribution in [-0.2, 0) is 19.7 Å². The number of amides is 2. The van der Waals surface area contributed by atoms with Gasteiger partial charge in [-0.15, -0.1) is 0 Å². The fourth-order valence-corrected chi connectivity index (χ4v) is 4.01. The lowest BCUT2D eigenvalue weighted by Gasteiger charge is -2.09. The Labute approximate surface area is 160 Å². The van der Waals surface area contributed by atoms with Crippen LogP contribution in [0.25, 0.3) is 6.08 Å². The van der Waals surface area contributed by atoms with Gasteiger partial charge in [0.25, 0.3) is 5.91 Å². The molecule has 1 heterocycles. The lowest BCUT2D eigenvalue weighted by molar-refractivity contribution is -0.117. The maximum Gasteiger partial charge on any atom is 0.339 e. The van der Waals surface area contributed by atoms with Gasteiger partial charge in [0.1, 0.15) is 10.6 Å². The Morgan fingerprint density at radius 1 is 1.11 bits per heavy atom. The summed E-state index contributed by atoms with van der Waals surface area (Å²) in [7, 11) is -4.02. The molecule has 138 valence electrons. The van der Waals surface area contributed by atoms with E-state index in [4.69, 9.17) is 4.18 Å². The van der Waals surface area contributed by atoms with Crippen LogP contribution in [0.3, 0.4) is 0 Å². The van der Waals surface area contributed by atoms with E-state index < -0.39 is 16.0 Å². The van der Waals surface area contributed by atoms with E-state index in [9.17, 15) is 18.0 Å². The van der Waals surface area contributed by atoms with Gasteiger partial charge in [-0.2, -0.15) is 13.4 Å². The molecule has 0 atom stereocenters. The number of hydrogen-bond donors (Lipinski definition) is 1. The second kappa shape index (κ2) is 7.77. The first-order valence-corrected chi connectivity index (χ1v) is 9.96. The summed E-state index contributed by atoms with van der Waals surface area (Å²) in [5, 5.41) is 2.62. The first-order chi connectivity index (χ1) is 12.8. The molecule has 0 bridgehead atoms. The number of benzene rings is 2. The maximum absolute atomic E-state index is 12.4. The minimum atomic E-state index is -4.02. The summed E-state index contributed by atoms with van der Waals surface area (Å²) in [6.07, 6.45) is 1.47. The van der Waals surface area contributed by atoms with Crippen molar-refractivity contribution in [1.29, 1.82) is 0 Å². The quantitative estimate of drug-likeness (QED) is 0.623. The molecule has 7 nitrogen and oxygen atoms in total. The third-order valence-electron chi connectivity index (χ3n) is 3.34. The number of amidine groups is 1. The van der Waals surface area contributed by atoms with Gasteiger partial charge in [0.2, 0.25) is 5.91 Å². The Morgan fingerprint density at radius 2 is 1.78 bits per heavy atom. The normalized spacial score (nSPS) is 15.5. The Bertz CT molecular complexity index is 1060. The first kappa shape index (κ1) is 18.9. The highest BCUT2D eigenvalue weighted by molar-refractivity contribution is 8.18. The van der Waals surface area contributed by atoms with Gasteiger partial charge in [0.15, 0.2) is 5.17 Å². The van der Waals surface area contributed by atoms with Gasteiger partial charge < -0.3 is 9.50 Å². The summed E-state index contributed by atoms with van der Waals surface area (Å²) in [5.41, 5.74) is 0.395. The van der Waals surface area contributed by atoms with Gasteiger partial charge >= 0.3 is 10.1 Å². The number of aliphatic imine (C=N–C) groups is 1. The molecule has 1 aliphatic heterocycles. The zero-order chi connectivity index (χ0) is 19.4. The van der Waals surface area contributed by atoms with Crippen molar-refractivity contribution in [2.75, 3.05) is 0 Å². The lowest BCUT2D eigenvalue weighted by atomic mass is 10.2. The predicted octanol–water partition coefficient (Wildman–Crippen LogP) is 2.56. The summed E-state index contributed by atoms with van der Waals surface area (Å²) in [6.45, 7) is 1.31. The summed E-state index contributed by atoms with van der Waals surface area (Å²) < 4.78 is 30.1. The fraction of sp³-hybridized carbons (Fsp3) is 0.0556. The number of hydrogen-bond acceptors (Lipinski definition) is 6. The third-order valence-corrected chi connectivity index (χ3v) is 5.49. The predicted molar refractivity (Wildman–Crippen MR) is 103 cm³/mol. The molecular weight excluding hydrogens is 388 g/mol. The summed E-state index contributed by atoms with van der Waals surface area (Å²) in [6, 6.07) is 14.2. The van der Waals surface area contributed by atoms with Crippen LogP contribution in [0.1, 0.15) is 12.5 Å². The second-order valence-electron chi connectivity index (χ2n) is 5.40. The number of carbonyl (C=O) groups excluding carboxylic acids is 2. The molecule has 0 unspecified atom stereocenters. The van der Waals surface area contributed by atoms with Crippen molar-refractivity contribution in [3.63, 3.8) is 0 Å². The highest BCUT2D eigenvalue weighted by atomic mass is 32.2. The van der Waals surface area contributed by atoms with Crippen molar-refractivity contribution in [3.8, 4) is 5.75 Å². The zero-order valence-corrected chi connectivity index (χ0v) is 15.7. The molecule has 0 saturated heterocycles. The van der Waals surface area contributed by atoms with Gasteiger partial charge in [-0.1, -0.05) is 36.4 Å². The van der Waals surface area contributed by atoms with E-state index >= 15 is 0 Å². The van der Waals surface area contributed by atoms with E-state index in [0.717, 1.165) is 11.8 Å². The third kappa shape index (κ3) is 4.63. The van der Waals surface area contributed by atoms with Gasteiger partial charge in [-0.25, -0.2) is 0 Å². The number of nitrogens with one attached hydrogen (secondary N) is 1.